The third kappa shape index (κ3) is 10.7. The highest BCUT2D eigenvalue weighted by molar-refractivity contribution is 4.64. The van der Waals surface area contributed by atoms with Gasteiger partial charge in [0.05, 0.1) is 19.3 Å². The lowest BCUT2D eigenvalue weighted by atomic mass is 10.2. The van der Waals surface area contributed by atoms with Gasteiger partial charge in [-0.15, -0.1) is 0 Å². The quantitative estimate of drug-likeness (QED) is 0.510. The van der Waals surface area contributed by atoms with Crippen LogP contribution in [0.4, 0.5) is 0 Å². The molecule has 0 aromatic rings. The molecule has 0 rings (SSSR count). The van der Waals surface area contributed by atoms with E-state index in [-0.39, 0.29) is 6.61 Å². The Morgan fingerprint density at radius 3 is 2.41 bits per heavy atom. The molecule has 0 saturated carbocycles. The Labute approximate surface area is 106 Å². The molecule has 0 radical (unpaired) electrons. The van der Waals surface area contributed by atoms with Gasteiger partial charge in [-0.25, -0.2) is 0 Å². The van der Waals surface area contributed by atoms with Gasteiger partial charge in [-0.2, -0.15) is 0 Å². The molecule has 17 heavy (non-hydrogen) atoms. The van der Waals surface area contributed by atoms with Gasteiger partial charge in [0.1, 0.15) is 0 Å². The third-order valence-corrected chi connectivity index (χ3v) is 2.67. The number of unbranched alkanes of at least 4 members (excludes halogenated alkanes) is 2. The summed E-state index contributed by atoms with van der Waals surface area (Å²) in [7, 11) is 0. The Hall–Kier alpha value is -0.160. The fourth-order valence-corrected chi connectivity index (χ4v) is 1.63. The number of rotatable bonds is 12. The molecule has 0 bridgehead atoms. The van der Waals surface area contributed by atoms with Gasteiger partial charge >= 0.3 is 0 Å². The van der Waals surface area contributed by atoms with E-state index in [1.54, 1.807) is 0 Å². The SMILES string of the molecule is CCCCOCC(O)CN(CCO)CCCC. The molecule has 0 amide bonds. The first-order valence-electron chi connectivity index (χ1n) is 6.83. The Kier molecular flexibility index (Phi) is 12.2. The molecule has 0 aliphatic carbocycles. The zero-order valence-corrected chi connectivity index (χ0v) is 11.4. The smallest absolute Gasteiger partial charge is 0.0900 e. The van der Waals surface area contributed by atoms with Crippen LogP contribution in [0.2, 0.25) is 0 Å². The minimum atomic E-state index is -0.449. The van der Waals surface area contributed by atoms with Crippen molar-refractivity contribution in [1.82, 2.24) is 4.90 Å². The third-order valence-electron chi connectivity index (χ3n) is 2.67. The van der Waals surface area contributed by atoms with E-state index >= 15 is 0 Å². The first kappa shape index (κ1) is 16.8. The van der Waals surface area contributed by atoms with Crippen molar-refractivity contribution in [3.8, 4) is 0 Å². The lowest BCUT2D eigenvalue weighted by molar-refractivity contribution is 0.0131. The number of hydrogen-bond donors (Lipinski definition) is 2. The molecule has 1 atom stereocenters. The minimum Gasteiger partial charge on any atom is -0.395 e. The number of nitrogens with zero attached hydrogens (tertiary/aromatic N) is 1. The van der Waals surface area contributed by atoms with Crippen molar-refractivity contribution in [2.24, 2.45) is 0 Å². The maximum atomic E-state index is 9.80. The second-order valence-corrected chi connectivity index (χ2v) is 4.46. The molecule has 104 valence electrons. The normalized spacial score (nSPS) is 13.2. The van der Waals surface area contributed by atoms with E-state index in [0.717, 1.165) is 38.8 Å². The van der Waals surface area contributed by atoms with Crippen LogP contribution in [-0.4, -0.2) is 60.7 Å². The van der Waals surface area contributed by atoms with Gasteiger partial charge in [0, 0.05) is 19.7 Å². The largest absolute Gasteiger partial charge is 0.395 e. The molecule has 4 heteroatoms. The summed E-state index contributed by atoms with van der Waals surface area (Å²) in [5.41, 5.74) is 0. The first-order chi connectivity index (χ1) is 8.24. The van der Waals surface area contributed by atoms with E-state index in [4.69, 9.17) is 9.84 Å². The van der Waals surface area contributed by atoms with Crippen LogP contribution in [0.1, 0.15) is 39.5 Å². The number of aliphatic hydroxyl groups is 2. The van der Waals surface area contributed by atoms with E-state index in [0.29, 0.717) is 19.7 Å². The summed E-state index contributed by atoms with van der Waals surface area (Å²) in [4.78, 5) is 2.09. The summed E-state index contributed by atoms with van der Waals surface area (Å²) in [6, 6.07) is 0. The lowest BCUT2D eigenvalue weighted by Crippen LogP contribution is -2.37. The lowest BCUT2D eigenvalue weighted by Gasteiger charge is -2.24. The first-order valence-corrected chi connectivity index (χ1v) is 6.83. The van der Waals surface area contributed by atoms with Gasteiger partial charge in [-0.1, -0.05) is 26.7 Å². The van der Waals surface area contributed by atoms with Crippen molar-refractivity contribution in [1.29, 1.82) is 0 Å². The summed E-state index contributed by atoms with van der Waals surface area (Å²) in [5, 5.41) is 18.7. The molecular weight excluding hydrogens is 218 g/mol. The number of aliphatic hydroxyl groups excluding tert-OH is 2. The molecule has 1 unspecified atom stereocenters. The molecule has 0 aromatic carbocycles. The summed E-state index contributed by atoms with van der Waals surface area (Å²) in [5.74, 6) is 0. The van der Waals surface area contributed by atoms with Crippen molar-refractivity contribution in [3.05, 3.63) is 0 Å². The molecule has 2 N–H and O–H groups in total. The van der Waals surface area contributed by atoms with E-state index in [1.807, 2.05) is 0 Å². The summed E-state index contributed by atoms with van der Waals surface area (Å²) in [6.07, 6.45) is 3.94. The van der Waals surface area contributed by atoms with E-state index in [2.05, 4.69) is 18.7 Å². The van der Waals surface area contributed by atoms with Crippen molar-refractivity contribution < 1.29 is 14.9 Å². The molecule has 0 heterocycles. The molecule has 0 saturated heterocycles. The van der Waals surface area contributed by atoms with Crippen LogP contribution < -0.4 is 0 Å². The average molecular weight is 247 g/mol. The Morgan fingerprint density at radius 1 is 1.12 bits per heavy atom. The van der Waals surface area contributed by atoms with E-state index in [9.17, 15) is 5.11 Å². The van der Waals surface area contributed by atoms with Crippen LogP contribution in [0, 0.1) is 0 Å². The second kappa shape index (κ2) is 12.3. The summed E-state index contributed by atoms with van der Waals surface area (Å²) >= 11 is 0. The predicted octanol–water partition coefficient (Wildman–Crippen LogP) is 1.26. The maximum absolute atomic E-state index is 9.80. The van der Waals surface area contributed by atoms with Gasteiger partial charge in [0.15, 0.2) is 0 Å². The highest BCUT2D eigenvalue weighted by atomic mass is 16.5. The molecule has 4 nitrogen and oxygen atoms in total. The van der Waals surface area contributed by atoms with Crippen molar-refractivity contribution >= 4 is 0 Å². The van der Waals surface area contributed by atoms with Crippen LogP contribution in [-0.2, 0) is 4.74 Å². The average Bonchev–Trinajstić information content (AvgIpc) is 2.32. The molecular formula is C13H29NO3. The molecule has 0 fully saturated rings. The second-order valence-electron chi connectivity index (χ2n) is 4.46. The van der Waals surface area contributed by atoms with Crippen LogP contribution in [0.5, 0.6) is 0 Å². The van der Waals surface area contributed by atoms with Crippen molar-refractivity contribution in [2.45, 2.75) is 45.6 Å². The topological polar surface area (TPSA) is 52.9 Å². The Morgan fingerprint density at radius 2 is 1.82 bits per heavy atom. The van der Waals surface area contributed by atoms with Crippen molar-refractivity contribution in [2.75, 3.05) is 39.5 Å². The highest BCUT2D eigenvalue weighted by Crippen LogP contribution is 1.98. The fraction of sp³-hybridized carbons (Fsp3) is 1.00. The predicted molar refractivity (Wildman–Crippen MR) is 70.2 cm³/mol. The van der Waals surface area contributed by atoms with Gasteiger partial charge in [0.2, 0.25) is 0 Å². The zero-order chi connectivity index (χ0) is 12.9. The molecule has 0 spiro atoms. The summed E-state index contributed by atoms with van der Waals surface area (Å²) in [6.45, 7) is 7.68. The number of hydrogen-bond acceptors (Lipinski definition) is 4. The van der Waals surface area contributed by atoms with Crippen LogP contribution in [0.3, 0.4) is 0 Å². The van der Waals surface area contributed by atoms with E-state index < -0.39 is 6.10 Å². The van der Waals surface area contributed by atoms with Crippen molar-refractivity contribution in [3.63, 3.8) is 0 Å². The van der Waals surface area contributed by atoms with Gasteiger partial charge in [-0.05, 0) is 19.4 Å². The van der Waals surface area contributed by atoms with Gasteiger partial charge in [-0.3, -0.25) is 4.90 Å². The Balaban J connectivity index is 3.66. The molecule has 0 aromatic heterocycles. The maximum Gasteiger partial charge on any atom is 0.0900 e. The van der Waals surface area contributed by atoms with Gasteiger partial charge in [0.25, 0.3) is 0 Å². The van der Waals surface area contributed by atoms with Gasteiger partial charge < -0.3 is 14.9 Å². The summed E-state index contributed by atoms with van der Waals surface area (Å²) < 4.78 is 5.38. The minimum absolute atomic E-state index is 0.146. The van der Waals surface area contributed by atoms with Crippen LogP contribution in [0.25, 0.3) is 0 Å². The van der Waals surface area contributed by atoms with E-state index in [1.165, 1.54) is 0 Å². The van der Waals surface area contributed by atoms with Crippen LogP contribution in [0.15, 0.2) is 0 Å². The highest BCUT2D eigenvalue weighted by Gasteiger charge is 2.10. The standard InChI is InChI=1S/C13H29NO3/c1-3-5-7-14(8-9-15)11-13(16)12-17-10-6-4-2/h13,15-16H,3-12H2,1-2H3. The van der Waals surface area contributed by atoms with Crippen LogP contribution >= 0.6 is 0 Å². The monoisotopic (exact) mass is 247 g/mol. The zero-order valence-electron chi connectivity index (χ0n) is 11.4. The fourth-order valence-electron chi connectivity index (χ4n) is 1.63. The molecule has 0 aliphatic heterocycles. The molecule has 0 aliphatic rings. The number of ether oxygens (including phenoxy) is 1. The Bertz CT molecular complexity index is 156.